The minimum Gasteiger partial charge on any atom is -0.504 e. The van der Waals surface area contributed by atoms with Crippen molar-refractivity contribution in [2.24, 2.45) is 7.05 Å². The number of anilines is 1. The molecule has 0 aliphatic carbocycles. The van der Waals surface area contributed by atoms with Crippen LogP contribution in [-0.2, 0) is 23.2 Å². The number of nitrogens with one attached hydrogen (secondary N) is 1. The molecule has 9 heteroatoms. The lowest BCUT2D eigenvalue weighted by Crippen LogP contribution is -2.09. The number of aromatic hydroxyl groups is 1. The molecule has 0 atom stereocenters. The Morgan fingerprint density at radius 2 is 1.75 bits per heavy atom. The van der Waals surface area contributed by atoms with Crippen molar-refractivity contribution in [2.45, 2.75) is 27.3 Å². The van der Waals surface area contributed by atoms with Crippen molar-refractivity contribution in [1.29, 1.82) is 0 Å². The molecular formula is C23H27N3O6. The number of aromatic nitrogens is 2. The van der Waals surface area contributed by atoms with E-state index in [0.29, 0.717) is 18.9 Å². The molecule has 2 aromatic carbocycles. The van der Waals surface area contributed by atoms with Crippen LogP contribution in [0.15, 0.2) is 42.6 Å². The smallest absolute Gasteiger partial charge is 0.414 e. The van der Waals surface area contributed by atoms with Crippen LogP contribution in [0.1, 0.15) is 23.6 Å². The van der Waals surface area contributed by atoms with E-state index in [1.165, 1.54) is 11.1 Å². The molecule has 0 fully saturated rings. The molecule has 0 unspecified atom stereocenters. The Morgan fingerprint density at radius 1 is 1.06 bits per heavy atom. The number of carboxylic acids is 2. The fraction of sp³-hybridized carbons (Fsp3) is 0.261. The summed E-state index contributed by atoms with van der Waals surface area (Å²) in [6, 6.07) is 11.8. The van der Waals surface area contributed by atoms with Gasteiger partial charge in [-0.3, -0.25) is 0 Å². The number of benzene rings is 2. The Labute approximate surface area is 185 Å². The normalized spacial score (nSPS) is 10.1. The molecule has 0 saturated carbocycles. The van der Waals surface area contributed by atoms with Gasteiger partial charge in [-0.25, -0.2) is 14.6 Å². The maximum atomic E-state index is 9.80. The lowest BCUT2D eigenvalue weighted by molar-refractivity contribution is -0.159. The molecule has 0 saturated heterocycles. The summed E-state index contributed by atoms with van der Waals surface area (Å²) in [6.07, 6.45) is 1.88. The summed E-state index contributed by atoms with van der Waals surface area (Å²) in [6.45, 7) is 7.24. The van der Waals surface area contributed by atoms with Gasteiger partial charge in [-0.05, 0) is 55.7 Å². The van der Waals surface area contributed by atoms with Crippen molar-refractivity contribution >= 4 is 17.9 Å². The average Bonchev–Trinajstić information content (AvgIpc) is 3.11. The first kappa shape index (κ1) is 24.3. The van der Waals surface area contributed by atoms with Gasteiger partial charge in [0.1, 0.15) is 0 Å². The van der Waals surface area contributed by atoms with Gasteiger partial charge in [-0.15, -0.1) is 0 Å². The van der Waals surface area contributed by atoms with E-state index < -0.39 is 11.9 Å². The van der Waals surface area contributed by atoms with E-state index in [2.05, 4.69) is 42.3 Å². The van der Waals surface area contributed by atoms with Gasteiger partial charge < -0.3 is 29.9 Å². The highest BCUT2D eigenvalue weighted by atomic mass is 16.5. The maximum absolute atomic E-state index is 9.80. The summed E-state index contributed by atoms with van der Waals surface area (Å²) in [7, 11) is 2.00. The minimum absolute atomic E-state index is 0.157. The number of phenolic OH excluding ortho intramolecular Hbond substituents is 1. The van der Waals surface area contributed by atoms with Crippen LogP contribution in [0.2, 0.25) is 0 Å². The first-order valence-electron chi connectivity index (χ1n) is 9.88. The molecule has 0 aliphatic heterocycles. The van der Waals surface area contributed by atoms with Crippen LogP contribution in [0.25, 0.3) is 11.3 Å². The highest BCUT2D eigenvalue weighted by Gasteiger charge is 2.10. The molecule has 3 rings (SSSR count). The third-order valence-electron chi connectivity index (χ3n) is 4.75. The van der Waals surface area contributed by atoms with Gasteiger partial charge in [0.25, 0.3) is 0 Å². The fourth-order valence-electron chi connectivity index (χ4n) is 2.86. The van der Waals surface area contributed by atoms with Crippen LogP contribution >= 0.6 is 0 Å². The quantitative estimate of drug-likeness (QED) is 0.427. The number of ether oxygens (including phenoxy) is 1. The van der Waals surface area contributed by atoms with E-state index in [9.17, 15) is 5.11 Å². The third kappa shape index (κ3) is 6.24. The number of carbonyl (C=O) groups is 2. The Balaban J connectivity index is 0.000000534. The van der Waals surface area contributed by atoms with Gasteiger partial charge in [0.2, 0.25) is 5.95 Å². The van der Waals surface area contributed by atoms with Crippen LogP contribution in [0.3, 0.4) is 0 Å². The van der Waals surface area contributed by atoms with Crippen molar-refractivity contribution in [3.8, 4) is 22.8 Å². The lowest BCUT2D eigenvalue weighted by Gasteiger charge is -2.11. The molecule has 0 radical (unpaired) electrons. The standard InChI is InChI=1S/C21H25N3O2.C2H2O4/c1-5-26-20-11-16(7-9-19(20)25)12-22-21-23-13-18(24(21)4)17-8-6-14(2)15(3)10-17;3-1(4)2(5)6/h6-11,13,25H,5,12H2,1-4H3,(H,22,23);(H,3,4)(H,5,6). The predicted molar refractivity (Wildman–Crippen MR) is 120 cm³/mol. The number of aryl methyl sites for hydroxylation is 2. The van der Waals surface area contributed by atoms with E-state index >= 15 is 0 Å². The molecule has 1 aromatic heterocycles. The number of rotatable bonds is 6. The fourth-order valence-corrected chi connectivity index (χ4v) is 2.86. The van der Waals surface area contributed by atoms with E-state index in [1.807, 2.05) is 36.9 Å². The molecule has 0 bridgehead atoms. The summed E-state index contributed by atoms with van der Waals surface area (Å²) in [5.41, 5.74) is 5.79. The molecule has 0 aliphatic rings. The zero-order valence-electron chi connectivity index (χ0n) is 18.4. The Bertz CT molecular complexity index is 1100. The molecule has 170 valence electrons. The average molecular weight is 441 g/mol. The van der Waals surface area contributed by atoms with Crippen molar-refractivity contribution in [3.63, 3.8) is 0 Å². The number of carboxylic acid groups (broad SMARTS) is 2. The van der Waals surface area contributed by atoms with Crippen LogP contribution in [0.4, 0.5) is 5.95 Å². The second kappa shape index (κ2) is 10.9. The van der Waals surface area contributed by atoms with Gasteiger partial charge in [-0.1, -0.05) is 18.2 Å². The molecule has 4 N–H and O–H groups in total. The first-order chi connectivity index (χ1) is 15.1. The van der Waals surface area contributed by atoms with Crippen molar-refractivity contribution in [1.82, 2.24) is 9.55 Å². The topological polar surface area (TPSA) is 134 Å². The Kier molecular flexibility index (Phi) is 8.23. The molecule has 3 aromatic rings. The molecule has 1 heterocycles. The zero-order valence-corrected chi connectivity index (χ0v) is 18.4. The SMILES string of the molecule is CCOc1cc(CNc2ncc(-c3ccc(C)c(C)c3)n2C)ccc1O.O=C(O)C(=O)O. The van der Waals surface area contributed by atoms with Crippen molar-refractivity contribution in [2.75, 3.05) is 11.9 Å². The van der Waals surface area contributed by atoms with Gasteiger partial charge in [0.15, 0.2) is 11.5 Å². The van der Waals surface area contributed by atoms with E-state index in [-0.39, 0.29) is 5.75 Å². The van der Waals surface area contributed by atoms with Crippen LogP contribution < -0.4 is 10.1 Å². The molecule has 0 amide bonds. The van der Waals surface area contributed by atoms with Crippen LogP contribution in [0, 0.1) is 13.8 Å². The van der Waals surface area contributed by atoms with Gasteiger partial charge in [0, 0.05) is 19.2 Å². The van der Waals surface area contributed by atoms with Crippen molar-refractivity contribution < 1.29 is 29.6 Å². The second-order valence-corrected chi connectivity index (χ2v) is 7.02. The van der Waals surface area contributed by atoms with E-state index in [1.54, 1.807) is 6.07 Å². The first-order valence-corrected chi connectivity index (χ1v) is 9.88. The molecular weight excluding hydrogens is 414 g/mol. The highest BCUT2D eigenvalue weighted by Crippen LogP contribution is 2.28. The lowest BCUT2D eigenvalue weighted by atomic mass is 10.0. The number of nitrogens with zero attached hydrogens (tertiary/aromatic N) is 2. The number of hydrogen-bond donors (Lipinski definition) is 4. The molecule has 9 nitrogen and oxygen atoms in total. The summed E-state index contributed by atoms with van der Waals surface area (Å²) < 4.78 is 7.49. The van der Waals surface area contributed by atoms with Crippen LogP contribution in [-0.4, -0.2) is 43.4 Å². The third-order valence-corrected chi connectivity index (χ3v) is 4.75. The Morgan fingerprint density at radius 3 is 2.34 bits per heavy atom. The predicted octanol–water partition coefficient (Wildman–Crippen LogP) is 3.58. The van der Waals surface area contributed by atoms with Crippen LogP contribution in [0.5, 0.6) is 11.5 Å². The monoisotopic (exact) mass is 441 g/mol. The van der Waals surface area contributed by atoms with E-state index in [4.69, 9.17) is 24.5 Å². The molecule has 32 heavy (non-hydrogen) atoms. The summed E-state index contributed by atoms with van der Waals surface area (Å²) in [5.74, 6) is -2.19. The summed E-state index contributed by atoms with van der Waals surface area (Å²) in [4.78, 5) is 22.7. The minimum atomic E-state index is -1.82. The number of aliphatic carboxylic acids is 2. The summed E-state index contributed by atoms with van der Waals surface area (Å²) >= 11 is 0. The van der Waals surface area contributed by atoms with Gasteiger partial charge in [0.05, 0.1) is 18.5 Å². The summed E-state index contributed by atoms with van der Waals surface area (Å²) in [5, 5.41) is 27.9. The number of phenols is 1. The molecule has 0 spiro atoms. The highest BCUT2D eigenvalue weighted by molar-refractivity contribution is 6.27. The zero-order chi connectivity index (χ0) is 23.8. The maximum Gasteiger partial charge on any atom is 0.414 e. The second-order valence-electron chi connectivity index (χ2n) is 7.02. The largest absolute Gasteiger partial charge is 0.504 e. The number of hydrogen-bond acceptors (Lipinski definition) is 6. The Hall–Kier alpha value is -4.01. The van der Waals surface area contributed by atoms with E-state index in [0.717, 1.165) is 22.8 Å². The van der Waals surface area contributed by atoms with Gasteiger partial charge >= 0.3 is 11.9 Å². The van der Waals surface area contributed by atoms with Crippen molar-refractivity contribution in [3.05, 3.63) is 59.3 Å². The number of imidazole rings is 1. The van der Waals surface area contributed by atoms with Gasteiger partial charge in [-0.2, -0.15) is 0 Å².